The Balaban J connectivity index is 2.00. The lowest BCUT2D eigenvalue weighted by atomic mass is 10.3. The molecule has 0 spiro atoms. The number of hydrogen-bond acceptors (Lipinski definition) is 4. The number of aliphatic carboxylic acids is 1. The zero-order chi connectivity index (χ0) is 8.97. The van der Waals surface area contributed by atoms with E-state index in [9.17, 15) is 4.79 Å². The molecule has 0 aromatic heterocycles. The van der Waals surface area contributed by atoms with E-state index in [0.717, 1.165) is 13.2 Å². The first-order valence-corrected chi connectivity index (χ1v) is 4.82. The SMILES string of the molecule is O=C(O)CC(O)CSC1COC1. The third-order valence-corrected chi connectivity index (χ3v) is 2.86. The number of hydrogen-bond donors (Lipinski definition) is 2. The number of rotatable bonds is 5. The van der Waals surface area contributed by atoms with Crippen LogP contribution in [0.4, 0.5) is 0 Å². The maximum absolute atomic E-state index is 10.1. The number of carboxylic acids is 1. The summed E-state index contributed by atoms with van der Waals surface area (Å²) in [4.78, 5) is 10.1. The molecule has 5 heteroatoms. The summed E-state index contributed by atoms with van der Waals surface area (Å²) < 4.78 is 4.93. The Morgan fingerprint density at radius 2 is 2.33 bits per heavy atom. The fraction of sp³-hybridized carbons (Fsp3) is 0.857. The van der Waals surface area contributed by atoms with Crippen LogP contribution in [0.2, 0.25) is 0 Å². The van der Waals surface area contributed by atoms with Crippen LogP contribution in [0.3, 0.4) is 0 Å². The van der Waals surface area contributed by atoms with E-state index in [4.69, 9.17) is 14.9 Å². The second-order valence-electron chi connectivity index (χ2n) is 2.74. The van der Waals surface area contributed by atoms with Crippen LogP contribution < -0.4 is 0 Å². The van der Waals surface area contributed by atoms with Crippen LogP contribution in [-0.4, -0.2) is 46.5 Å². The Hall–Kier alpha value is -0.260. The van der Waals surface area contributed by atoms with Gasteiger partial charge in [0.2, 0.25) is 0 Å². The van der Waals surface area contributed by atoms with E-state index < -0.39 is 12.1 Å². The van der Waals surface area contributed by atoms with Crippen LogP contribution in [0, 0.1) is 0 Å². The first kappa shape index (κ1) is 9.83. The topological polar surface area (TPSA) is 66.8 Å². The van der Waals surface area contributed by atoms with Crippen LogP contribution in [0.25, 0.3) is 0 Å². The first-order valence-electron chi connectivity index (χ1n) is 3.77. The molecule has 1 aliphatic heterocycles. The minimum absolute atomic E-state index is 0.166. The van der Waals surface area contributed by atoms with E-state index in [1.54, 1.807) is 11.8 Å². The van der Waals surface area contributed by atoms with Crippen LogP contribution in [0.5, 0.6) is 0 Å². The van der Waals surface area contributed by atoms with Gasteiger partial charge in [0.05, 0.1) is 31.0 Å². The normalized spacial score (nSPS) is 20.1. The summed E-state index contributed by atoms with van der Waals surface area (Å²) in [5, 5.41) is 17.9. The van der Waals surface area contributed by atoms with E-state index in [-0.39, 0.29) is 6.42 Å². The average Bonchev–Trinajstić information content (AvgIpc) is 1.81. The van der Waals surface area contributed by atoms with Crippen molar-refractivity contribution in [3.8, 4) is 0 Å². The van der Waals surface area contributed by atoms with Gasteiger partial charge in [0.1, 0.15) is 0 Å². The van der Waals surface area contributed by atoms with Crippen molar-refractivity contribution in [3.63, 3.8) is 0 Å². The van der Waals surface area contributed by atoms with Crippen molar-refractivity contribution in [3.05, 3.63) is 0 Å². The molecule has 0 amide bonds. The predicted molar refractivity (Wildman–Crippen MR) is 45.3 cm³/mol. The highest BCUT2D eigenvalue weighted by Gasteiger charge is 2.20. The number of carbonyl (C=O) groups is 1. The van der Waals surface area contributed by atoms with Crippen molar-refractivity contribution in [2.75, 3.05) is 19.0 Å². The van der Waals surface area contributed by atoms with Crippen molar-refractivity contribution < 1.29 is 19.7 Å². The van der Waals surface area contributed by atoms with Gasteiger partial charge >= 0.3 is 5.97 Å². The van der Waals surface area contributed by atoms with Gasteiger partial charge in [-0.3, -0.25) is 4.79 Å². The summed E-state index contributed by atoms with van der Waals surface area (Å²) in [7, 11) is 0. The smallest absolute Gasteiger partial charge is 0.306 e. The Morgan fingerprint density at radius 3 is 2.75 bits per heavy atom. The lowest BCUT2D eigenvalue weighted by Gasteiger charge is -2.25. The van der Waals surface area contributed by atoms with Gasteiger partial charge in [0.25, 0.3) is 0 Å². The second-order valence-corrected chi connectivity index (χ2v) is 4.08. The average molecular weight is 192 g/mol. The molecule has 1 unspecified atom stereocenters. The second kappa shape index (κ2) is 4.69. The molecule has 1 saturated heterocycles. The molecule has 4 nitrogen and oxygen atoms in total. The Morgan fingerprint density at radius 1 is 1.67 bits per heavy atom. The molecule has 0 aliphatic carbocycles. The molecule has 1 aliphatic rings. The number of aliphatic hydroxyl groups excluding tert-OH is 1. The third kappa shape index (κ3) is 3.42. The van der Waals surface area contributed by atoms with E-state index in [2.05, 4.69) is 0 Å². The highest BCUT2D eigenvalue weighted by Crippen LogP contribution is 2.20. The van der Waals surface area contributed by atoms with Crippen LogP contribution >= 0.6 is 11.8 Å². The summed E-state index contributed by atoms with van der Waals surface area (Å²) in [6.45, 7) is 1.45. The van der Waals surface area contributed by atoms with Crippen molar-refractivity contribution in [1.29, 1.82) is 0 Å². The first-order chi connectivity index (χ1) is 5.68. The Kier molecular flexibility index (Phi) is 3.84. The number of aliphatic hydroxyl groups is 1. The molecule has 1 atom stereocenters. The van der Waals surface area contributed by atoms with E-state index >= 15 is 0 Å². The summed E-state index contributed by atoms with van der Waals surface area (Å²) in [5.74, 6) is -0.465. The fourth-order valence-electron chi connectivity index (χ4n) is 0.818. The number of carboxylic acid groups (broad SMARTS) is 1. The van der Waals surface area contributed by atoms with Crippen molar-refractivity contribution in [2.24, 2.45) is 0 Å². The highest BCUT2D eigenvalue weighted by atomic mass is 32.2. The molecule has 2 N–H and O–H groups in total. The zero-order valence-electron chi connectivity index (χ0n) is 6.60. The quantitative estimate of drug-likeness (QED) is 0.639. The molecule has 0 radical (unpaired) electrons. The molecule has 0 aromatic rings. The molecule has 0 bridgehead atoms. The van der Waals surface area contributed by atoms with Crippen LogP contribution in [0.1, 0.15) is 6.42 Å². The molecule has 1 fully saturated rings. The number of ether oxygens (including phenoxy) is 1. The maximum Gasteiger partial charge on any atom is 0.306 e. The third-order valence-electron chi connectivity index (χ3n) is 1.54. The van der Waals surface area contributed by atoms with Gasteiger partial charge in [0, 0.05) is 5.75 Å². The predicted octanol–water partition coefficient (Wildman–Crippen LogP) is -0.0460. The summed E-state index contributed by atoms with van der Waals surface area (Å²) in [6.07, 6.45) is -0.895. The van der Waals surface area contributed by atoms with E-state index in [1.807, 2.05) is 0 Å². The van der Waals surface area contributed by atoms with Gasteiger partial charge in [-0.25, -0.2) is 0 Å². The highest BCUT2D eigenvalue weighted by molar-refractivity contribution is 8.00. The van der Waals surface area contributed by atoms with E-state index in [1.165, 1.54) is 0 Å². The molecular formula is C7H12O4S. The Bertz CT molecular complexity index is 157. The lowest BCUT2D eigenvalue weighted by Crippen LogP contribution is -2.32. The fourth-order valence-corrected chi connectivity index (χ4v) is 1.82. The van der Waals surface area contributed by atoms with E-state index in [0.29, 0.717) is 11.0 Å². The summed E-state index contributed by atoms with van der Waals surface area (Å²) in [5.41, 5.74) is 0. The summed E-state index contributed by atoms with van der Waals surface area (Å²) in [6, 6.07) is 0. The van der Waals surface area contributed by atoms with Gasteiger partial charge in [-0.05, 0) is 0 Å². The molecule has 1 rings (SSSR count). The van der Waals surface area contributed by atoms with Crippen molar-refractivity contribution in [1.82, 2.24) is 0 Å². The maximum atomic E-state index is 10.1. The van der Waals surface area contributed by atoms with Gasteiger partial charge in [-0.1, -0.05) is 0 Å². The van der Waals surface area contributed by atoms with Crippen molar-refractivity contribution >= 4 is 17.7 Å². The molecule has 1 heterocycles. The molecule has 70 valence electrons. The van der Waals surface area contributed by atoms with Gasteiger partial charge in [0.15, 0.2) is 0 Å². The van der Waals surface area contributed by atoms with Crippen LogP contribution in [-0.2, 0) is 9.53 Å². The van der Waals surface area contributed by atoms with Crippen molar-refractivity contribution in [2.45, 2.75) is 17.8 Å². The standard InChI is InChI=1S/C7H12O4S/c8-5(1-7(9)10)4-12-6-2-11-3-6/h5-6,8H,1-4H2,(H,9,10). The lowest BCUT2D eigenvalue weighted by molar-refractivity contribution is -0.138. The van der Waals surface area contributed by atoms with Gasteiger partial charge in [-0.15, -0.1) is 0 Å². The largest absolute Gasteiger partial charge is 0.481 e. The molecule has 0 saturated carbocycles. The molecule has 0 aromatic carbocycles. The minimum Gasteiger partial charge on any atom is -0.481 e. The van der Waals surface area contributed by atoms with Gasteiger partial charge in [-0.2, -0.15) is 11.8 Å². The Labute approximate surface area is 74.9 Å². The van der Waals surface area contributed by atoms with Crippen LogP contribution in [0.15, 0.2) is 0 Å². The zero-order valence-corrected chi connectivity index (χ0v) is 7.42. The molecule has 12 heavy (non-hydrogen) atoms. The van der Waals surface area contributed by atoms with Gasteiger partial charge < -0.3 is 14.9 Å². The number of thioether (sulfide) groups is 1. The molecular weight excluding hydrogens is 180 g/mol. The summed E-state index contributed by atoms with van der Waals surface area (Å²) >= 11 is 1.57. The minimum atomic E-state index is -0.951. The monoisotopic (exact) mass is 192 g/mol.